The number of thioether (sulfide) groups is 1. The number of carbonyl (C=O) groups is 14. The Bertz CT molecular complexity index is 3570. The highest BCUT2D eigenvalue weighted by Crippen LogP contribution is 2.20. The number of imidazole rings is 1. The molecule has 576 valence electrons. The fraction of sp³-hybridized carbons (Fsp3) is 0.544. The van der Waals surface area contributed by atoms with Gasteiger partial charge in [-0.3, -0.25) is 86.7 Å². The van der Waals surface area contributed by atoms with Crippen molar-refractivity contribution in [1.29, 1.82) is 0 Å². The van der Waals surface area contributed by atoms with Crippen LogP contribution >= 0.6 is 11.8 Å². The first-order valence-electron chi connectivity index (χ1n) is 34.4. The number of primary amides is 2. The first kappa shape index (κ1) is 85.4. The van der Waals surface area contributed by atoms with E-state index in [9.17, 15) is 82.4 Å². The van der Waals surface area contributed by atoms with Crippen LogP contribution in [-0.2, 0) is 75.2 Å². The van der Waals surface area contributed by atoms with Crippen LogP contribution in [0.1, 0.15) is 81.9 Å². The van der Waals surface area contributed by atoms with Crippen molar-refractivity contribution in [2.24, 2.45) is 23.3 Å². The first-order chi connectivity index (χ1) is 49.9. The Morgan fingerprint density at radius 3 is 1.66 bits per heavy atom. The van der Waals surface area contributed by atoms with Gasteiger partial charge in [-0.25, -0.2) is 4.98 Å². The number of carboxylic acid groups (broad SMARTS) is 3. The van der Waals surface area contributed by atoms with Crippen LogP contribution in [0.2, 0.25) is 0 Å². The Kier molecular flexibility index (Phi) is 35.6. The van der Waals surface area contributed by atoms with E-state index in [2.05, 4.69) is 62.8 Å². The van der Waals surface area contributed by atoms with E-state index in [-0.39, 0.29) is 147 Å². The van der Waals surface area contributed by atoms with Gasteiger partial charge in [-0.2, -0.15) is 11.8 Å². The predicted octanol–water partition coefficient (Wildman–Crippen LogP) is -3.30. The van der Waals surface area contributed by atoms with Gasteiger partial charge >= 0.3 is 17.9 Å². The normalized spacial score (nSPS) is 15.5. The monoisotopic (exact) mass is 1490 g/mol. The third-order valence-corrected chi connectivity index (χ3v) is 17.5. The number of carbonyl (C=O) groups excluding carboxylic acids is 11. The molecule has 0 aliphatic carbocycles. The molecule has 2 aromatic heterocycles. The third-order valence-electron chi connectivity index (χ3n) is 16.9. The topological polar surface area (TPSA) is 527 Å². The minimum Gasteiger partial charge on any atom is -0.492 e. The van der Waals surface area contributed by atoms with Gasteiger partial charge in [-0.15, -0.1) is 0 Å². The fourth-order valence-electron chi connectivity index (χ4n) is 11.2. The van der Waals surface area contributed by atoms with Gasteiger partial charge in [0.15, 0.2) is 0 Å². The summed E-state index contributed by atoms with van der Waals surface area (Å²) in [5.41, 5.74) is 12.8. The number of rotatable bonds is 42. The van der Waals surface area contributed by atoms with Gasteiger partial charge in [-0.1, -0.05) is 45.9 Å². The molecule has 1 aliphatic heterocycles. The Labute approximate surface area is 611 Å². The highest BCUT2D eigenvalue weighted by atomic mass is 32.2. The maximum Gasteiger partial charge on any atom is 0.317 e. The molecule has 37 heteroatoms. The largest absolute Gasteiger partial charge is 0.492 e. The first-order valence-corrected chi connectivity index (χ1v) is 35.8. The maximum absolute atomic E-state index is 14.4. The van der Waals surface area contributed by atoms with Crippen LogP contribution in [0.4, 0.5) is 0 Å². The number of aliphatic carboxylic acids is 3. The SMILES string of the molecule is CSCC[C@H](NC(=O)[C@H](CC(C)C)NC(=O)[C@H](Cc1cnc[nH]1)NC(=O)CNC(=O)[C@@H](NC(=O)[C@H](C)NC(=O)[C@H](Cc1c[nH]c2ccccc12)NC(=O)[C@H](CCC(N)=O)NC(=O)c1ccc(OCCNC(=O)CN2CCN(CC(=O)O)CCN(CC(=O)O)CCN(CC(=O)O)CC2)cc1)C(C)C)C(N)=O. The summed E-state index contributed by atoms with van der Waals surface area (Å²) in [6.07, 6.45) is 5.73. The molecule has 2 aromatic carbocycles. The minimum atomic E-state index is -1.46. The van der Waals surface area contributed by atoms with Crippen molar-refractivity contribution in [2.75, 3.05) is 110 Å². The Balaban J connectivity index is 1.20. The highest BCUT2D eigenvalue weighted by molar-refractivity contribution is 7.98. The summed E-state index contributed by atoms with van der Waals surface area (Å²) in [5.74, 6) is -11.5. The predicted molar refractivity (Wildman–Crippen MR) is 384 cm³/mol. The zero-order chi connectivity index (χ0) is 77.3. The number of fused-ring (bicyclic) bond motifs is 1. The van der Waals surface area contributed by atoms with Gasteiger partial charge in [-0.05, 0) is 85.9 Å². The van der Waals surface area contributed by atoms with Crippen LogP contribution < -0.4 is 64.1 Å². The lowest BCUT2D eigenvalue weighted by molar-refractivity contribution is -0.140. The summed E-state index contributed by atoms with van der Waals surface area (Å²) in [4.78, 5) is 201. The molecule has 4 aromatic rings. The van der Waals surface area contributed by atoms with E-state index in [1.807, 2.05) is 20.1 Å². The molecule has 11 amide bonds. The Morgan fingerprint density at radius 2 is 1.11 bits per heavy atom. The number of benzene rings is 2. The summed E-state index contributed by atoms with van der Waals surface area (Å²) in [5, 5.41) is 53.0. The number of aromatic amines is 2. The van der Waals surface area contributed by atoms with Crippen molar-refractivity contribution in [2.45, 2.75) is 115 Å². The van der Waals surface area contributed by atoms with Crippen LogP contribution in [-0.4, -0.2) is 285 Å². The molecule has 0 bridgehead atoms. The zero-order valence-corrected chi connectivity index (χ0v) is 60.7. The Hall–Kier alpha value is -10.2. The number of nitrogens with zero attached hydrogens (tertiary/aromatic N) is 5. The number of hydrogen-bond acceptors (Lipinski definition) is 21. The van der Waals surface area contributed by atoms with Gasteiger partial charge in [0, 0.05) is 106 Å². The number of carboxylic acids is 3. The second-order valence-electron chi connectivity index (χ2n) is 26.2. The number of amides is 11. The molecule has 18 N–H and O–H groups in total. The number of H-pyrrole nitrogens is 2. The van der Waals surface area contributed by atoms with Crippen LogP contribution in [0, 0.1) is 11.8 Å². The summed E-state index contributed by atoms with van der Waals surface area (Å²) in [7, 11) is 0. The van der Waals surface area contributed by atoms with Crippen molar-refractivity contribution in [3.8, 4) is 5.75 Å². The molecule has 0 radical (unpaired) electrons. The third kappa shape index (κ3) is 30.9. The molecule has 0 unspecified atom stereocenters. The smallest absolute Gasteiger partial charge is 0.317 e. The van der Waals surface area contributed by atoms with E-state index in [1.165, 1.54) is 55.5 Å². The quantitative estimate of drug-likeness (QED) is 0.0193. The maximum atomic E-state index is 14.4. The van der Waals surface area contributed by atoms with Crippen LogP contribution in [0.5, 0.6) is 5.75 Å². The molecule has 36 nitrogen and oxygen atoms in total. The molecule has 105 heavy (non-hydrogen) atoms. The average Bonchev–Trinajstić information content (AvgIpc) is 1.65. The van der Waals surface area contributed by atoms with E-state index in [1.54, 1.807) is 63.9 Å². The summed E-state index contributed by atoms with van der Waals surface area (Å²) in [6.45, 7) is 8.24. The molecule has 1 fully saturated rings. The molecule has 1 aliphatic rings. The van der Waals surface area contributed by atoms with Gasteiger partial charge in [0.05, 0.1) is 45.6 Å². The van der Waals surface area contributed by atoms with Crippen LogP contribution in [0.25, 0.3) is 10.9 Å². The van der Waals surface area contributed by atoms with Crippen LogP contribution in [0.15, 0.2) is 67.3 Å². The Morgan fingerprint density at radius 1 is 0.571 bits per heavy atom. The van der Waals surface area contributed by atoms with Crippen molar-refractivity contribution in [3.63, 3.8) is 0 Å². The van der Waals surface area contributed by atoms with Gasteiger partial charge in [0.25, 0.3) is 5.91 Å². The molecule has 0 saturated carbocycles. The van der Waals surface area contributed by atoms with Gasteiger partial charge in [0.2, 0.25) is 59.1 Å². The highest BCUT2D eigenvalue weighted by Gasteiger charge is 2.35. The number of aromatic nitrogens is 3. The molecule has 1 saturated heterocycles. The second kappa shape index (κ2) is 43.8. The van der Waals surface area contributed by atoms with E-state index < -0.39 is 138 Å². The molecule has 3 heterocycles. The second-order valence-corrected chi connectivity index (χ2v) is 27.2. The molecule has 5 rings (SSSR count). The van der Waals surface area contributed by atoms with E-state index in [0.29, 0.717) is 27.9 Å². The lowest BCUT2D eigenvalue weighted by Crippen LogP contribution is -2.59. The van der Waals surface area contributed by atoms with Gasteiger partial charge < -0.3 is 89.3 Å². The van der Waals surface area contributed by atoms with Crippen molar-refractivity contribution < 1.29 is 87.2 Å². The number of nitrogens with two attached hydrogens (primary N) is 2. The lowest BCUT2D eigenvalue weighted by Gasteiger charge is -2.32. The van der Waals surface area contributed by atoms with E-state index in [4.69, 9.17) is 16.2 Å². The summed E-state index contributed by atoms with van der Waals surface area (Å²) >= 11 is 1.45. The van der Waals surface area contributed by atoms with Gasteiger partial charge in [0.1, 0.15) is 54.6 Å². The number of nitrogens with one attached hydrogen (secondary N) is 11. The lowest BCUT2D eigenvalue weighted by atomic mass is 10.0. The zero-order valence-electron chi connectivity index (χ0n) is 59.9. The summed E-state index contributed by atoms with van der Waals surface area (Å²) < 4.78 is 5.83. The van der Waals surface area contributed by atoms with E-state index in [0.717, 1.165) is 0 Å². The fourth-order valence-corrected chi connectivity index (χ4v) is 11.7. The van der Waals surface area contributed by atoms with E-state index >= 15 is 0 Å². The molecule has 7 atom stereocenters. The standard InChI is InChI=1S/C68H100N18O18S/c1-40(2)29-51(66(101)78-49(61(70)96)17-28-105-6)80-67(102)53(31-45-33-71-39-75-45)77-55(88)34-74-68(103)60(41(3)4)82-62(97)42(5)76-65(100)52(30-44-32-73-48-10-8-7-9-47(44)48)81-64(99)50(15-16-54(69)87)79-63(98)43-11-13-46(14-12-43)104-27-18-72-56(89)35-83-19-21-84(36-57(90)91)23-25-86(38-59(94)95)26-24-85(22-20-83)37-58(92)93/h7-14,32-33,39-42,49-53,60,73H,15-31,34-38H2,1-6H3,(H2,69,87)(H2,70,96)(H,71,75)(H,72,89)(H,74,103)(H,76,100)(H,77,88)(H,78,101)(H,79,98)(H,80,102)(H,81,99)(H,82,97)(H,90,91)(H,92,93)(H,94,95)/t42-,49-,50-,51-,52-,53-,60-/m0/s1. The van der Waals surface area contributed by atoms with Crippen molar-refractivity contribution in [3.05, 3.63) is 84.1 Å². The molecular weight excluding hydrogens is 1390 g/mol. The van der Waals surface area contributed by atoms with Crippen molar-refractivity contribution in [1.82, 2.24) is 82.4 Å². The summed E-state index contributed by atoms with van der Waals surface area (Å²) in [6, 6.07) is 3.86. The number of para-hydroxylation sites is 1. The average molecular weight is 1490 g/mol. The molecular formula is C68H100N18O18S. The number of hydrogen-bond donors (Lipinski definition) is 16. The number of ether oxygens (including phenoxy) is 1. The molecule has 0 spiro atoms. The van der Waals surface area contributed by atoms with Crippen LogP contribution in [0.3, 0.4) is 0 Å². The minimum absolute atomic E-state index is 0.0258. The van der Waals surface area contributed by atoms with Crippen molar-refractivity contribution >= 4 is 106 Å².